The summed E-state index contributed by atoms with van der Waals surface area (Å²) in [7, 11) is 0. The highest BCUT2D eigenvalue weighted by molar-refractivity contribution is 7.14. The highest BCUT2D eigenvalue weighted by Gasteiger charge is 2.39. The summed E-state index contributed by atoms with van der Waals surface area (Å²) in [5.74, 6) is -0.920. The molecule has 3 rings (SSSR count). The van der Waals surface area contributed by atoms with Crippen LogP contribution in [0.3, 0.4) is 0 Å². The van der Waals surface area contributed by atoms with E-state index in [1.807, 2.05) is 36.4 Å². The third kappa shape index (κ3) is 5.40. The van der Waals surface area contributed by atoms with Crippen molar-refractivity contribution in [3.63, 3.8) is 0 Å². The minimum atomic E-state index is -0.921. The van der Waals surface area contributed by atoms with Gasteiger partial charge >= 0.3 is 5.97 Å². The summed E-state index contributed by atoms with van der Waals surface area (Å²) in [5, 5.41) is 20.4. The van der Waals surface area contributed by atoms with Gasteiger partial charge in [0.2, 0.25) is 0 Å². The van der Waals surface area contributed by atoms with Gasteiger partial charge in [0.15, 0.2) is 0 Å². The number of carbonyl (C=O) groups is 1. The third-order valence-electron chi connectivity index (χ3n) is 4.79. The number of hydrogen-bond donors (Lipinski definition) is 2. The minimum Gasteiger partial charge on any atom is -0.477 e. The topological polar surface area (TPSA) is 57.5 Å². The number of carboxylic acid groups (broad SMARTS) is 1. The zero-order valence-electron chi connectivity index (χ0n) is 14.8. The molecule has 2 N–H and O–H groups in total. The molecule has 1 saturated carbocycles. The molecule has 0 amide bonds. The van der Waals surface area contributed by atoms with E-state index in [4.69, 9.17) is 39.9 Å². The van der Waals surface area contributed by atoms with Crippen molar-refractivity contribution in [2.75, 3.05) is 0 Å². The molecule has 28 heavy (non-hydrogen) atoms. The first-order chi connectivity index (χ1) is 13.3. The van der Waals surface area contributed by atoms with Crippen molar-refractivity contribution in [1.82, 2.24) is 0 Å². The van der Waals surface area contributed by atoms with Gasteiger partial charge < -0.3 is 10.2 Å². The summed E-state index contributed by atoms with van der Waals surface area (Å²) in [4.78, 5) is 12.2. The van der Waals surface area contributed by atoms with Gasteiger partial charge in [-0.15, -0.1) is 22.9 Å². The standard InChI is InChI=1S/C21H19Cl3O3S/c22-13-8-12(9-14(23)10-13)4-6-17-16(18(24)11-19(17)25)3-1-2-15-5-7-20(28-15)21(26)27/h1-2,4-10,16-19,25H,3,11H2,(H,26,27)/t16-,17+,18+,19-/m1/s1. The molecule has 7 heteroatoms. The fraction of sp³-hybridized carbons (Fsp3) is 0.286. The lowest BCUT2D eigenvalue weighted by atomic mass is 9.90. The Balaban J connectivity index is 1.70. The maximum Gasteiger partial charge on any atom is 0.345 e. The predicted molar refractivity (Wildman–Crippen MR) is 118 cm³/mol. The number of aliphatic hydroxyl groups excluding tert-OH is 1. The van der Waals surface area contributed by atoms with E-state index >= 15 is 0 Å². The highest BCUT2D eigenvalue weighted by Crippen LogP contribution is 2.40. The number of alkyl halides is 1. The quantitative estimate of drug-likeness (QED) is 0.488. The van der Waals surface area contributed by atoms with Crippen LogP contribution in [0, 0.1) is 11.8 Å². The van der Waals surface area contributed by atoms with E-state index in [9.17, 15) is 9.90 Å². The second-order valence-corrected chi connectivity index (χ2v) is 9.32. The Morgan fingerprint density at radius 2 is 1.89 bits per heavy atom. The van der Waals surface area contributed by atoms with Crippen LogP contribution in [0.1, 0.15) is 33.0 Å². The molecule has 0 saturated heterocycles. The summed E-state index contributed by atoms with van der Waals surface area (Å²) in [6.07, 6.45) is 8.50. The van der Waals surface area contributed by atoms with E-state index in [1.165, 1.54) is 11.3 Å². The lowest BCUT2D eigenvalue weighted by Gasteiger charge is -2.19. The zero-order chi connectivity index (χ0) is 20.3. The van der Waals surface area contributed by atoms with Crippen LogP contribution in [-0.2, 0) is 0 Å². The second kappa shape index (κ2) is 9.47. The van der Waals surface area contributed by atoms with Gasteiger partial charge in [-0.1, -0.05) is 41.4 Å². The Hall–Kier alpha value is -1.30. The SMILES string of the molecule is O=C(O)c1ccc(C=CC[C@@H]2[C@H](C=Cc3cc(Cl)cc(Cl)c3)[C@H](O)C[C@@H]2Cl)s1. The molecule has 148 valence electrons. The third-order valence-corrected chi connectivity index (χ3v) is 6.77. The van der Waals surface area contributed by atoms with Gasteiger partial charge in [-0.3, -0.25) is 0 Å². The largest absolute Gasteiger partial charge is 0.477 e. The number of carboxylic acids is 1. The van der Waals surface area contributed by atoms with Gasteiger partial charge in [-0.05, 0) is 60.7 Å². The summed E-state index contributed by atoms with van der Waals surface area (Å²) in [6, 6.07) is 8.68. The van der Waals surface area contributed by atoms with E-state index in [0.717, 1.165) is 10.4 Å². The Labute approximate surface area is 182 Å². The number of thiophene rings is 1. The molecule has 0 radical (unpaired) electrons. The average Bonchev–Trinajstić information content (AvgIpc) is 3.18. The van der Waals surface area contributed by atoms with E-state index < -0.39 is 12.1 Å². The monoisotopic (exact) mass is 456 g/mol. The maximum absolute atomic E-state index is 11.0. The van der Waals surface area contributed by atoms with Crippen LogP contribution < -0.4 is 0 Å². The van der Waals surface area contributed by atoms with Crippen molar-refractivity contribution < 1.29 is 15.0 Å². The van der Waals surface area contributed by atoms with Gasteiger partial charge in [0.1, 0.15) is 4.88 Å². The number of benzene rings is 1. The van der Waals surface area contributed by atoms with Crippen molar-refractivity contribution in [1.29, 1.82) is 0 Å². The molecular formula is C21H19Cl3O3S. The van der Waals surface area contributed by atoms with E-state index in [-0.39, 0.29) is 17.2 Å². The number of halogens is 3. The minimum absolute atomic E-state index is 0.0807. The highest BCUT2D eigenvalue weighted by atomic mass is 35.5. The smallest absolute Gasteiger partial charge is 0.345 e. The van der Waals surface area contributed by atoms with Gasteiger partial charge in [0.25, 0.3) is 0 Å². The molecule has 0 spiro atoms. The summed E-state index contributed by atoms with van der Waals surface area (Å²) in [5.41, 5.74) is 0.872. The Morgan fingerprint density at radius 3 is 2.54 bits per heavy atom. The van der Waals surface area contributed by atoms with Gasteiger partial charge in [-0.25, -0.2) is 4.79 Å². The van der Waals surface area contributed by atoms with Crippen LogP contribution >= 0.6 is 46.1 Å². The molecule has 1 aliphatic carbocycles. The Kier molecular flexibility index (Phi) is 7.24. The van der Waals surface area contributed by atoms with Crippen LogP contribution in [0.5, 0.6) is 0 Å². The average molecular weight is 458 g/mol. The van der Waals surface area contributed by atoms with Crippen LogP contribution in [-0.4, -0.2) is 27.7 Å². The van der Waals surface area contributed by atoms with Crippen molar-refractivity contribution >= 4 is 64.3 Å². The predicted octanol–water partition coefficient (Wildman–Crippen LogP) is 6.47. The first-order valence-electron chi connectivity index (χ1n) is 8.79. The van der Waals surface area contributed by atoms with Gasteiger partial charge in [0.05, 0.1) is 6.10 Å². The molecule has 3 nitrogen and oxygen atoms in total. The number of allylic oxidation sites excluding steroid dienone is 1. The summed E-state index contributed by atoms with van der Waals surface area (Å²) >= 11 is 19.8. The first kappa shape index (κ1) is 21.4. The fourth-order valence-electron chi connectivity index (χ4n) is 3.46. The molecule has 0 bridgehead atoms. The zero-order valence-corrected chi connectivity index (χ0v) is 17.8. The van der Waals surface area contributed by atoms with Crippen molar-refractivity contribution in [3.8, 4) is 0 Å². The summed E-state index contributed by atoms with van der Waals surface area (Å²) < 4.78 is 0. The maximum atomic E-state index is 11.0. The Bertz CT molecular complexity index is 886. The molecule has 1 aromatic heterocycles. The number of rotatable bonds is 6. The summed E-state index contributed by atoms with van der Waals surface area (Å²) in [6.45, 7) is 0. The van der Waals surface area contributed by atoms with Crippen LogP contribution in [0.2, 0.25) is 10.0 Å². The lowest BCUT2D eigenvalue weighted by Crippen LogP contribution is -2.18. The van der Waals surface area contributed by atoms with Gasteiger partial charge in [-0.2, -0.15) is 0 Å². The van der Waals surface area contributed by atoms with Crippen molar-refractivity contribution in [2.24, 2.45) is 11.8 Å². The molecule has 1 heterocycles. The van der Waals surface area contributed by atoms with Crippen LogP contribution in [0.4, 0.5) is 0 Å². The van der Waals surface area contributed by atoms with E-state index in [0.29, 0.717) is 27.8 Å². The van der Waals surface area contributed by atoms with E-state index in [2.05, 4.69) is 0 Å². The molecule has 0 unspecified atom stereocenters. The van der Waals surface area contributed by atoms with Crippen LogP contribution in [0.25, 0.3) is 12.2 Å². The molecule has 1 fully saturated rings. The second-order valence-electron chi connectivity index (χ2n) is 6.77. The van der Waals surface area contributed by atoms with Crippen molar-refractivity contribution in [3.05, 3.63) is 67.8 Å². The van der Waals surface area contributed by atoms with Crippen molar-refractivity contribution in [2.45, 2.75) is 24.3 Å². The lowest BCUT2D eigenvalue weighted by molar-refractivity contribution is 0.0702. The van der Waals surface area contributed by atoms with Crippen LogP contribution in [0.15, 0.2) is 42.5 Å². The molecule has 0 aliphatic heterocycles. The Morgan fingerprint density at radius 1 is 1.18 bits per heavy atom. The van der Waals surface area contributed by atoms with Gasteiger partial charge in [0, 0.05) is 26.2 Å². The molecular weight excluding hydrogens is 439 g/mol. The molecule has 2 aromatic rings. The fourth-order valence-corrected chi connectivity index (χ4v) is 5.23. The molecule has 1 aliphatic rings. The first-order valence-corrected chi connectivity index (χ1v) is 10.8. The number of aliphatic hydroxyl groups is 1. The molecule has 4 atom stereocenters. The molecule has 1 aromatic carbocycles. The normalized spacial score (nSPS) is 25.1. The number of hydrogen-bond acceptors (Lipinski definition) is 3. The number of aromatic carboxylic acids is 1. The van der Waals surface area contributed by atoms with E-state index in [1.54, 1.807) is 18.2 Å².